The maximum Gasteiger partial charge on any atom is 0.137 e. The molecule has 0 bridgehead atoms. The van der Waals surface area contributed by atoms with Gasteiger partial charge >= 0.3 is 0 Å². The number of halogens is 1. The van der Waals surface area contributed by atoms with Crippen LogP contribution in [0.3, 0.4) is 0 Å². The van der Waals surface area contributed by atoms with Crippen molar-refractivity contribution in [2.75, 3.05) is 13.7 Å². The van der Waals surface area contributed by atoms with Crippen LogP contribution in [0.2, 0.25) is 5.02 Å². The van der Waals surface area contributed by atoms with Crippen molar-refractivity contribution in [3.8, 4) is 5.75 Å². The van der Waals surface area contributed by atoms with Gasteiger partial charge in [-0.15, -0.1) is 0 Å². The van der Waals surface area contributed by atoms with Crippen LogP contribution < -0.4 is 10.1 Å². The summed E-state index contributed by atoms with van der Waals surface area (Å²) >= 11 is 6.15. The monoisotopic (exact) mass is 295 g/mol. The maximum absolute atomic E-state index is 6.15. The molecule has 0 aliphatic heterocycles. The molecule has 1 atom stereocenters. The Morgan fingerprint density at radius 2 is 2.05 bits per heavy atom. The van der Waals surface area contributed by atoms with Crippen LogP contribution >= 0.6 is 11.6 Å². The summed E-state index contributed by atoms with van der Waals surface area (Å²) in [4.78, 5) is 0. The topological polar surface area (TPSA) is 21.3 Å². The maximum atomic E-state index is 6.15. The summed E-state index contributed by atoms with van der Waals surface area (Å²) in [6, 6.07) is 6.64. The second kappa shape index (κ2) is 7.90. The molecule has 1 aromatic carbocycles. The molecule has 112 valence electrons. The molecule has 1 unspecified atom stereocenters. The molecule has 2 nitrogen and oxygen atoms in total. The van der Waals surface area contributed by atoms with E-state index in [1.807, 2.05) is 6.07 Å². The summed E-state index contributed by atoms with van der Waals surface area (Å²) in [5.74, 6) is 1.52. The van der Waals surface area contributed by atoms with Crippen molar-refractivity contribution in [3.63, 3.8) is 0 Å². The Morgan fingerprint density at radius 1 is 1.30 bits per heavy atom. The Labute approximate surface area is 127 Å². The Bertz CT molecular complexity index is 415. The van der Waals surface area contributed by atoms with E-state index in [-0.39, 0.29) is 0 Å². The molecule has 3 heteroatoms. The van der Waals surface area contributed by atoms with Crippen molar-refractivity contribution in [3.05, 3.63) is 28.8 Å². The van der Waals surface area contributed by atoms with E-state index in [1.165, 1.54) is 37.7 Å². The Kier molecular flexibility index (Phi) is 6.18. The lowest BCUT2D eigenvalue weighted by Gasteiger charge is -2.31. The third-order valence-corrected chi connectivity index (χ3v) is 4.58. The van der Waals surface area contributed by atoms with Crippen LogP contribution in [0.4, 0.5) is 0 Å². The lowest BCUT2D eigenvalue weighted by molar-refractivity contribution is 0.271. The number of methoxy groups -OCH3 is 1. The van der Waals surface area contributed by atoms with E-state index in [9.17, 15) is 0 Å². The largest absolute Gasteiger partial charge is 0.495 e. The minimum atomic E-state index is 0.432. The molecular formula is C17H26ClNO. The van der Waals surface area contributed by atoms with Gasteiger partial charge in [0.05, 0.1) is 12.1 Å². The Morgan fingerprint density at radius 3 is 2.70 bits per heavy atom. The molecule has 0 aromatic heterocycles. The predicted octanol–water partition coefficient (Wildman–Crippen LogP) is 4.97. The number of benzene rings is 1. The highest BCUT2D eigenvalue weighted by Crippen LogP contribution is 2.37. The van der Waals surface area contributed by atoms with Crippen molar-refractivity contribution in [1.82, 2.24) is 5.32 Å². The first-order valence-electron chi connectivity index (χ1n) is 7.83. The minimum absolute atomic E-state index is 0.432. The van der Waals surface area contributed by atoms with Crippen molar-refractivity contribution in [2.45, 2.75) is 51.5 Å². The quantitative estimate of drug-likeness (QED) is 0.800. The molecule has 20 heavy (non-hydrogen) atoms. The van der Waals surface area contributed by atoms with Gasteiger partial charge in [0, 0.05) is 6.04 Å². The average Bonchev–Trinajstić information content (AvgIpc) is 2.50. The first-order chi connectivity index (χ1) is 9.76. The van der Waals surface area contributed by atoms with Gasteiger partial charge in [-0.1, -0.05) is 43.9 Å². The van der Waals surface area contributed by atoms with Crippen LogP contribution in [0.5, 0.6) is 5.75 Å². The zero-order chi connectivity index (χ0) is 14.4. The number of hydrogen-bond acceptors (Lipinski definition) is 2. The molecule has 1 aliphatic rings. The first kappa shape index (κ1) is 15.7. The van der Waals surface area contributed by atoms with E-state index in [1.54, 1.807) is 7.11 Å². The molecular weight excluding hydrogens is 270 g/mol. The van der Waals surface area contributed by atoms with Gasteiger partial charge in [0.25, 0.3) is 0 Å². The highest BCUT2D eigenvalue weighted by atomic mass is 35.5. The Hall–Kier alpha value is -0.730. The molecule has 0 spiro atoms. The summed E-state index contributed by atoms with van der Waals surface area (Å²) in [7, 11) is 1.68. The summed E-state index contributed by atoms with van der Waals surface area (Å²) in [5.41, 5.74) is 1.31. The predicted molar refractivity (Wildman–Crippen MR) is 85.6 cm³/mol. The van der Waals surface area contributed by atoms with Crippen molar-refractivity contribution < 1.29 is 4.74 Å². The van der Waals surface area contributed by atoms with E-state index in [0.29, 0.717) is 11.1 Å². The van der Waals surface area contributed by atoms with Gasteiger partial charge in [0.1, 0.15) is 5.75 Å². The molecule has 0 amide bonds. The third-order valence-electron chi connectivity index (χ3n) is 4.27. The SMILES string of the molecule is CCCNC(c1ccc(Cl)c(OC)c1)C1CCCCC1. The van der Waals surface area contributed by atoms with Gasteiger partial charge in [-0.25, -0.2) is 0 Å². The van der Waals surface area contributed by atoms with Gasteiger partial charge in [0.15, 0.2) is 0 Å². The highest BCUT2D eigenvalue weighted by Gasteiger charge is 2.25. The van der Waals surface area contributed by atoms with E-state index < -0.39 is 0 Å². The summed E-state index contributed by atoms with van der Waals surface area (Å²) in [6.07, 6.45) is 7.92. The van der Waals surface area contributed by atoms with Crippen LogP contribution in [0, 0.1) is 5.92 Å². The van der Waals surface area contributed by atoms with Crippen molar-refractivity contribution in [1.29, 1.82) is 0 Å². The third kappa shape index (κ3) is 3.89. The lowest BCUT2D eigenvalue weighted by Crippen LogP contribution is -2.30. The average molecular weight is 296 g/mol. The molecule has 0 saturated heterocycles. The smallest absolute Gasteiger partial charge is 0.137 e. The number of nitrogens with one attached hydrogen (secondary N) is 1. The molecule has 1 saturated carbocycles. The first-order valence-corrected chi connectivity index (χ1v) is 8.21. The minimum Gasteiger partial charge on any atom is -0.495 e. The standard InChI is InChI=1S/C17H26ClNO/c1-3-11-19-17(13-7-5-4-6-8-13)14-9-10-15(18)16(12-14)20-2/h9-10,12-13,17,19H,3-8,11H2,1-2H3. The second-order valence-corrected chi connectivity index (χ2v) is 6.13. The molecule has 1 aromatic rings. The van der Waals surface area contributed by atoms with Crippen LogP contribution in [-0.4, -0.2) is 13.7 Å². The van der Waals surface area contributed by atoms with E-state index in [4.69, 9.17) is 16.3 Å². The number of ether oxygens (including phenoxy) is 1. The zero-order valence-electron chi connectivity index (χ0n) is 12.6. The number of rotatable bonds is 6. The van der Waals surface area contributed by atoms with Crippen molar-refractivity contribution in [2.24, 2.45) is 5.92 Å². The number of hydrogen-bond donors (Lipinski definition) is 1. The van der Waals surface area contributed by atoms with Gasteiger partial charge in [-0.2, -0.15) is 0 Å². The van der Waals surface area contributed by atoms with Crippen molar-refractivity contribution >= 4 is 11.6 Å². The fourth-order valence-electron chi connectivity index (χ4n) is 3.19. The fourth-order valence-corrected chi connectivity index (χ4v) is 3.39. The summed E-state index contributed by atoms with van der Waals surface area (Å²) in [6.45, 7) is 3.28. The highest BCUT2D eigenvalue weighted by molar-refractivity contribution is 6.32. The van der Waals surface area contributed by atoms with Crippen LogP contribution in [-0.2, 0) is 0 Å². The summed E-state index contributed by atoms with van der Waals surface area (Å²) in [5, 5.41) is 4.42. The molecule has 1 N–H and O–H groups in total. The molecule has 2 rings (SSSR count). The fraction of sp³-hybridized carbons (Fsp3) is 0.647. The van der Waals surface area contributed by atoms with E-state index in [2.05, 4.69) is 24.4 Å². The van der Waals surface area contributed by atoms with Crippen LogP contribution in [0.1, 0.15) is 57.1 Å². The van der Waals surface area contributed by atoms with Crippen LogP contribution in [0.15, 0.2) is 18.2 Å². The summed E-state index contributed by atoms with van der Waals surface area (Å²) < 4.78 is 5.37. The van der Waals surface area contributed by atoms with Gasteiger partial charge in [-0.05, 0) is 49.4 Å². The Balaban J connectivity index is 2.20. The van der Waals surface area contributed by atoms with Crippen LogP contribution in [0.25, 0.3) is 0 Å². The molecule has 0 radical (unpaired) electrons. The molecule has 1 aliphatic carbocycles. The van der Waals surface area contributed by atoms with E-state index >= 15 is 0 Å². The molecule has 1 fully saturated rings. The van der Waals surface area contributed by atoms with Gasteiger partial charge in [-0.3, -0.25) is 0 Å². The van der Waals surface area contributed by atoms with Gasteiger partial charge < -0.3 is 10.1 Å². The normalized spacial score (nSPS) is 17.9. The zero-order valence-corrected chi connectivity index (χ0v) is 13.4. The van der Waals surface area contributed by atoms with Gasteiger partial charge in [0.2, 0.25) is 0 Å². The van der Waals surface area contributed by atoms with E-state index in [0.717, 1.165) is 24.6 Å². The second-order valence-electron chi connectivity index (χ2n) is 5.72. The lowest BCUT2D eigenvalue weighted by atomic mass is 9.81. The molecule has 0 heterocycles.